The van der Waals surface area contributed by atoms with E-state index in [9.17, 15) is 29.4 Å². The van der Waals surface area contributed by atoms with E-state index in [-0.39, 0.29) is 42.2 Å². The lowest BCUT2D eigenvalue weighted by Crippen LogP contribution is -2.63. The molecule has 0 unspecified atom stereocenters. The van der Waals surface area contributed by atoms with Gasteiger partial charge in [-0.1, -0.05) is 55.4 Å². The van der Waals surface area contributed by atoms with Crippen molar-refractivity contribution < 1.29 is 57.8 Å². The molecule has 358 valence electrons. The predicted molar refractivity (Wildman–Crippen MR) is 236 cm³/mol. The molecule has 17 atom stereocenters. The van der Waals surface area contributed by atoms with Crippen molar-refractivity contribution in [2.75, 3.05) is 6.61 Å². The van der Waals surface area contributed by atoms with Gasteiger partial charge in [-0.2, -0.15) is 0 Å². The number of ketones is 1. The largest absolute Gasteiger partial charge is 0.453 e. The number of hydrogen-bond acceptors (Lipinski definition) is 13. The monoisotopic (exact) mass is 898 g/mol. The second kappa shape index (κ2) is 20.3. The van der Waals surface area contributed by atoms with Crippen molar-refractivity contribution in [1.29, 1.82) is 0 Å². The second-order valence-corrected chi connectivity index (χ2v) is 20.0. The van der Waals surface area contributed by atoms with Crippen LogP contribution >= 0.6 is 0 Å². The summed E-state index contributed by atoms with van der Waals surface area (Å²) < 4.78 is 39.9. The summed E-state index contributed by atoms with van der Waals surface area (Å²) in [5, 5.41) is 22.9. The van der Waals surface area contributed by atoms with Crippen molar-refractivity contribution in [1.82, 2.24) is 15.8 Å². The Bertz CT molecular complexity index is 1820. The molecule has 0 radical (unpaired) electrons. The second-order valence-electron chi connectivity index (χ2n) is 20.0. The summed E-state index contributed by atoms with van der Waals surface area (Å²) in [5.41, 5.74) is 3.75. The number of ether oxygens (including phenoxy) is 6. The fraction of sp³-hybridized carbons (Fsp3) is 0.776. The van der Waals surface area contributed by atoms with Crippen molar-refractivity contribution in [3.05, 3.63) is 42.2 Å². The third-order valence-corrected chi connectivity index (χ3v) is 15.5. The van der Waals surface area contributed by atoms with E-state index in [1.165, 1.54) is 19.3 Å². The van der Waals surface area contributed by atoms with Crippen molar-refractivity contribution in [2.24, 2.45) is 41.4 Å². The third-order valence-electron chi connectivity index (χ3n) is 15.5. The van der Waals surface area contributed by atoms with Gasteiger partial charge in [0, 0.05) is 55.0 Å². The lowest BCUT2D eigenvalue weighted by Gasteiger charge is -2.54. The van der Waals surface area contributed by atoms with Gasteiger partial charge in [0.05, 0.1) is 54.2 Å². The van der Waals surface area contributed by atoms with E-state index >= 15 is 0 Å². The summed E-state index contributed by atoms with van der Waals surface area (Å²) in [7, 11) is 0. The maximum Gasteiger partial charge on any atom is 0.303 e. The van der Waals surface area contributed by atoms with Gasteiger partial charge >= 0.3 is 5.97 Å². The summed E-state index contributed by atoms with van der Waals surface area (Å²) >= 11 is 0. The Balaban J connectivity index is 1.14. The zero-order chi connectivity index (χ0) is 46.8. The Morgan fingerprint density at radius 1 is 0.922 bits per heavy atom. The van der Waals surface area contributed by atoms with E-state index in [4.69, 9.17) is 28.4 Å². The van der Waals surface area contributed by atoms with Crippen LogP contribution in [0.4, 0.5) is 0 Å². The van der Waals surface area contributed by atoms with Crippen molar-refractivity contribution in [3.8, 4) is 0 Å². The Hall–Kier alpha value is -3.31. The zero-order valence-corrected chi connectivity index (χ0v) is 39.7. The van der Waals surface area contributed by atoms with E-state index in [1.54, 1.807) is 25.1 Å². The van der Waals surface area contributed by atoms with Gasteiger partial charge in [0.25, 0.3) is 5.91 Å². The fourth-order valence-electron chi connectivity index (χ4n) is 11.2. The molecule has 2 spiro atoms. The lowest BCUT2D eigenvalue weighted by atomic mass is 9.72. The number of hydrazine groups is 1. The van der Waals surface area contributed by atoms with Crippen molar-refractivity contribution in [2.45, 2.75) is 193 Å². The third kappa shape index (κ3) is 10.3. The van der Waals surface area contributed by atoms with Gasteiger partial charge in [-0.05, 0) is 101 Å². The molecule has 0 aliphatic carbocycles. The van der Waals surface area contributed by atoms with Crippen LogP contribution in [0.15, 0.2) is 36.7 Å². The number of aliphatic hydroxyl groups excluding tert-OH is 1. The van der Waals surface area contributed by atoms with Gasteiger partial charge in [-0.3, -0.25) is 35.0 Å². The lowest BCUT2D eigenvalue weighted by molar-refractivity contribution is -0.408. The van der Waals surface area contributed by atoms with Gasteiger partial charge in [0.15, 0.2) is 11.9 Å². The highest BCUT2D eigenvalue weighted by molar-refractivity contribution is 5.95. The molecule has 1 aromatic rings. The minimum Gasteiger partial charge on any atom is -0.453 e. The number of aliphatic hydroxyl groups is 2. The SMILES string of the molecule is CC[C@@H](C(=O)[C@@H](C)[C@@H](O)[C@H](C)[C@@H]1O[C@@H]([C@@H](CC)C(=O)NNC(=O)c2ccncc2)CC[C@@H]1C)[C@H]1O[C@]2(C=C[C@@H](OC(C)=O)[C@]3(CC[C@@](C)([C@H]4CC[C@](O)(CC)CO4)O3)O2)[C@H](C)C[C@@H]1C. The van der Waals surface area contributed by atoms with E-state index in [0.717, 1.165) is 6.42 Å². The molecule has 15 heteroatoms. The number of Topliss-reactive ketones (excluding diaryl/α,β-unsaturated/α-hetero) is 1. The number of aromatic nitrogens is 1. The van der Waals surface area contributed by atoms with Crippen molar-refractivity contribution in [3.63, 3.8) is 0 Å². The average Bonchev–Trinajstić information content (AvgIpc) is 3.62. The molecule has 4 saturated heterocycles. The summed E-state index contributed by atoms with van der Waals surface area (Å²) in [6, 6.07) is 3.11. The number of carbonyl (C=O) groups excluding carboxylic acids is 4. The van der Waals surface area contributed by atoms with Crippen LogP contribution in [-0.2, 0) is 42.8 Å². The summed E-state index contributed by atoms with van der Waals surface area (Å²) in [6.45, 7) is 19.3. The quantitative estimate of drug-likeness (QED) is 0.0944. The van der Waals surface area contributed by atoms with Crippen LogP contribution in [-0.4, -0.2) is 105 Å². The van der Waals surface area contributed by atoms with Gasteiger partial charge < -0.3 is 38.6 Å². The van der Waals surface area contributed by atoms with Crippen molar-refractivity contribution >= 4 is 23.6 Å². The first-order valence-corrected chi connectivity index (χ1v) is 23.9. The molecule has 0 saturated carbocycles. The molecular formula is C49H75N3O12. The Morgan fingerprint density at radius 3 is 2.25 bits per heavy atom. The van der Waals surface area contributed by atoms with Crippen LogP contribution in [0.25, 0.3) is 0 Å². The molecular weight excluding hydrogens is 823 g/mol. The Labute approximate surface area is 379 Å². The minimum absolute atomic E-state index is 0.0350. The molecule has 64 heavy (non-hydrogen) atoms. The molecule has 6 heterocycles. The molecule has 15 nitrogen and oxygen atoms in total. The number of pyridine rings is 1. The highest BCUT2D eigenvalue weighted by Crippen LogP contribution is 2.54. The first kappa shape index (κ1) is 50.1. The van der Waals surface area contributed by atoms with E-state index < -0.39 is 88.8 Å². The molecule has 1 aromatic heterocycles. The van der Waals surface area contributed by atoms with Crippen LogP contribution < -0.4 is 10.9 Å². The maximum atomic E-state index is 14.7. The highest BCUT2D eigenvalue weighted by atomic mass is 16.8. The summed E-state index contributed by atoms with van der Waals surface area (Å²) in [6.07, 6.45) is 8.71. The number of carbonyl (C=O) groups is 4. The predicted octanol–water partition coefficient (Wildman–Crippen LogP) is 6.14. The normalized spacial score (nSPS) is 38.8. The highest BCUT2D eigenvalue weighted by Gasteiger charge is 2.64. The Morgan fingerprint density at radius 2 is 1.62 bits per heavy atom. The summed E-state index contributed by atoms with van der Waals surface area (Å²) in [5.74, 6) is -6.57. The standard InChI is InChI=1S/C49H75N3O12/c1-11-35(45(57)52-51-44(56)34-18-24-50-25-19-34)37-15-14-28(4)42(61-37)32(8)40(54)31(7)41(55)36(12-2)43-29(5)26-30(6)48(62-43)21-17-39(60-33(9)53)49(64-48)23-22-46(10,63-49)38-16-20-47(58,13-3)27-59-38/h17-19,21,24-25,28-32,35-40,42-43,54,58H,11-16,20,22-23,26-27H2,1-10H3,(H,51,56)(H,52,57)/t28-,29-,30+,31-,32-,35+,36-,37+,38+,39+,40+,42+,43-,46-,47+,48-,49-/m0/s1. The van der Waals surface area contributed by atoms with Gasteiger partial charge in [0.2, 0.25) is 11.7 Å². The molecule has 0 bridgehead atoms. The molecule has 5 aliphatic heterocycles. The van der Waals surface area contributed by atoms with Crippen LogP contribution in [0, 0.1) is 41.4 Å². The van der Waals surface area contributed by atoms with Gasteiger partial charge in [-0.15, -0.1) is 0 Å². The minimum atomic E-state index is -1.39. The molecule has 2 amide bonds. The smallest absolute Gasteiger partial charge is 0.303 e. The number of nitrogens with zero attached hydrogens (tertiary/aromatic N) is 1. The molecule has 4 fully saturated rings. The maximum absolute atomic E-state index is 14.7. The number of hydrogen-bond donors (Lipinski definition) is 4. The van der Waals surface area contributed by atoms with E-state index in [0.29, 0.717) is 63.4 Å². The number of esters is 1. The van der Waals surface area contributed by atoms with Crippen LogP contribution in [0.5, 0.6) is 0 Å². The first-order chi connectivity index (χ1) is 30.2. The van der Waals surface area contributed by atoms with Gasteiger partial charge in [0.1, 0.15) is 5.78 Å². The van der Waals surface area contributed by atoms with Gasteiger partial charge in [-0.25, -0.2) is 0 Å². The zero-order valence-electron chi connectivity index (χ0n) is 39.7. The molecule has 0 aromatic carbocycles. The molecule has 4 N–H and O–H groups in total. The van der Waals surface area contributed by atoms with E-state index in [2.05, 4.69) is 36.6 Å². The van der Waals surface area contributed by atoms with Crippen LogP contribution in [0.2, 0.25) is 0 Å². The molecule has 6 rings (SSSR count). The number of rotatable bonds is 14. The topological polar surface area (TPSA) is 201 Å². The molecule has 5 aliphatic rings. The number of nitrogens with one attached hydrogen (secondary N) is 2. The van der Waals surface area contributed by atoms with E-state index in [1.807, 2.05) is 40.7 Å². The first-order valence-electron chi connectivity index (χ1n) is 23.9. The van der Waals surface area contributed by atoms with Crippen LogP contribution in [0.3, 0.4) is 0 Å². The number of amides is 2. The average molecular weight is 898 g/mol. The Kier molecular flexibility index (Phi) is 15.9. The summed E-state index contributed by atoms with van der Waals surface area (Å²) in [4.78, 5) is 57.1. The van der Waals surface area contributed by atoms with Crippen LogP contribution in [0.1, 0.15) is 144 Å². The fourth-order valence-corrected chi connectivity index (χ4v) is 11.2.